The smallest absolute Gasteiger partial charge is 0.254 e. The van der Waals surface area contributed by atoms with Gasteiger partial charge in [-0.1, -0.05) is 13.0 Å². The molecular formula is C29H32N2O6S. The fourth-order valence-electron chi connectivity index (χ4n) is 4.82. The molecule has 38 heavy (non-hydrogen) atoms. The van der Waals surface area contributed by atoms with Gasteiger partial charge in [0, 0.05) is 29.1 Å². The second kappa shape index (κ2) is 11.3. The van der Waals surface area contributed by atoms with Gasteiger partial charge in [0.15, 0.2) is 11.5 Å². The van der Waals surface area contributed by atoms with E-state index in [9.17, 15) is 9.59 Å². The topological polar surface area (TPSA) is 77.5 Å². The minimum Gasteiger partial charge on any atom is -0.497 e. The molecule has 2 amide bonds. The number of hydrogen-bond acceptors (Lipinski definition) is 7. The normalized spacial score (nSPS) is 16.5. The molecule has 5 rings (SSSR count). The molecule has 0 spiro atoms. The number of carbonyl (C=O) groups excluding carboxylic acids is 2. The summed E-state index contributed by atoms with van der Waals surface area (Å²) >= 11 is 1.70. The number of hydrogen-bond donors (Lipinski definition) is 0. The van der Waals surface area contributed by atoms with E-state index < -0.39 is 0 Å². The lowest BCUT2D eigenvalue weighted by Gasteiger charge is -2.38. The van der Waals surface area contributed by atoms with Crippen LogP contribution < -0.4 is 18.9 Å². The van der Waals surface area contributed by atoms with Gasteiger partial charge in [0.05, 0.1) is 13.2 Å². The van der Waals surface area contributed by atoms with Gasteiger partial charge < -0.3 is 28.7 Å². The third kappa shape index (κ3) is 5.29. The Balaban J connectivity index is 1.35. The third-order valence-corrected chi connectivity index (χ3v) is 8.17. The van der Waals surface area contributed by atoms with Crippen LogP contribution in [-0.4, -0.2) is 61.3 Å². The van der Waals surface area contributed by atoms with E-state index >= 15 is 0 Å². The molecule has 2 aliphatic heterocycles. The van der Waals surface area contributed by atoms with E-state index in [1.807, 2.05) is 43.0 Å². The summed E-state index contributed by atoms with van der Waals surface area (Å²) in [4.78, 5) is 32.2. The summed E-state index contributed by atoms with van der Waals surface area (Å²) in [5.74, 6) is 2.24. The Kier molecular flexibility index (Phi) is 7.74. The fraction of sp³-hybridized carbons (Fsp3) is 0.379. The van der Waals surface area contributed by atoms with Crippen molar-refractivity contribution in [2.45, 2.75) is 38.8 Å². The van der Waals surface area contributed by atoms with Gasteiger partial charge in [-0.3, -0.25) is 9.59 Å². The van der Waals surface area contributed by atoms with Crippen molar-refractivity contribution in [1.29, 1.82) is 0 Å². The van der Waals surface area contributed by atoms with Crippen LogP contribution in [0.25, 0.3) is 0 Å². The molecule has 0 unspecified atom stereocenters. The molecule has 0 saturated heterocycles. The highest BCUT2D eigenvalue weighted by atomic mass is 32.1. The van der Waals surface area contributed by atoms with Crippen molar-refractivity contribution in [2.75, 3.05) is 33.6 Å². The molecule has 2 atom stereocenters. The zero-order valence-electron chi connectivity index (χ0n) is 21.8. The summed E-state index contributed by atoms with van der Waals surface area (Å²) in [6.07, 6.45) is 1.51. The van der Waals surface area contributed by atoms with Crippen LogP contribution in [0.4, 0.5) is 0 Å². The van der Waals surface area contributed by atoms with Crippen molar-refractivity contribution < 1.29 is 28.5 Å². The van der Waals surface area contributed by atoms with Gasteiger partial charge >= 0.3 is 0 Å². The number of ether oxygens (including phenoxy) is 4. The highest BCUT2D eigenvalue weighted by Gasteiger charge is 2.34. The Hall–Kier alpha value is -3.72. The van der Waals surface area contributed by atoms with E-state index in [2.05, 4.69) is 11.4 Å². The van der Waals surface area contributed by atoms with Gasteiger partial charge in [0.2, 0.25) is 12.7 Å². The first-order chi connectivity index (χ1) is 18.5. The minimum absolute atomic E-state index is 0.0165. The summed E-state index contributed by atoms with van der Waals surface area (Å²) in [5.41, 5.74) is 1.58. The zero-order chi connectivity index (χ0) is 26.6. The second-order valence-electron chi connectivity index (χ2n) is 9.40. The molecule has 3 heterocycles. The van der Waals surface area contributed by atoms with Crippen LogP contribution in [0.2, 0.25) is 0 Å². The quantitative estimate of drug-likeness (QED) is 0.386. The van der Waals surface area contributed by atoms with Crippen molar-refractivity contribution in [1.82, 2.24) is 9.80 Å². The monoisotopic (exact) mass is 536 g/mol. The maximum atomic E-state index is 13.8. The summed E-state index contributed by atoms with van der Waals surface area (Å²) in [5, 5.41) is 2.06. The summed E-state index contributed by atoms with van der Waals surface area (Å²) in [6, 6.07) is 14.3. The molecule has 0 bridgehead atoms. The molecule has 3 aromatic rings. The number of benzene rings is 2. The van der Waals surface area contributed by atoms with Crippen LogP contribution in [0.3, 0.4) is 0 Å². The fourth-order valence-corrected chi connectivity index (χ4v) is 5.75. The van der Waals surface area contributed by atoms with Crippen molar-refractivity contribution in [2.24, 2.45) is 0 Å². The van der Waals surface area contributed by atoms with Crippen molar-refractivity contribution in [3.05, 3.63) is 69.9 Å². The molecular weight excluding hydrogens is 504 g/mol. The van der Waals surface area contributed by atoms with Crippen molar-refractivity contribution in [3.63, 3.8) is 0 Å². The van der Waals surface area contributed by atoms with E-state index in [1.165, 1.54) is 4.88 Å². The summed E-state index contributed by atoms with van der Waals surface area (Å²) < 4.78 is 22.3. The number of nitrogens with zero attached hydrogens (tertiary/aromatic N) is 2. The predicted molar refractivity (Wildman–Crippen MR) is 144 cm³/mol. The molecule has 0 saturated carbocycles. The average Bonchev–Trinajstić information content (AvgIpc) is 3.63. The summed E-state index contributed by atoms with van der Waals surface area (Å²) in [6.45, 7) is 4.98. The Morgan fingerprint density at radius 2 is 1.95 bits per heavy atom. The third-order valence-electron chi connectivity index (χ3n) is 7.17. The van der Waals surface area contributed by atoms with Crippen LogP contribution >= 0.6 is 11.3 Å². The van der Waals surface area contributed by atoms with E-state index in [0.29, 0.717) is 41.7 Å². The van der Waals surface area contributed by atoms with Gasteiger partial charge in [-0.25, -0.2) is 0 Å². The predicted octanol–water partition coefficient (Wildman–Crippen LogP) is 4.93. The van der Waals surface area contributed by atoms with Crippen LogP contribution in [0, 0.1) is 0 Å². The first-order valence-electron chi connectivity index (χ1n) is 12.8. The second-order valence-corrected chi connectivity index (χ2v) is 10.4. The van der Waals surface area contributed by atoms with Gasteiger partial charge in [0.1, 0.15) is 24.7 Å². The Labute approximate surface area is 226 Å². The minimum atomic E-state index is -0.247. The number of methoxy groups -OCH3 is 1. The Bertz CT molecular complexity index is 1310. The average molecular weight is 537 g/mol. The Morgan fingerprint density at radius 3 is 2.76 bits per heavy atom. The van der Waals surface area contributed by atoms with Crippen molar-refractivity contribution in [3.8, 4) is 23.0 Å². The zero-order valence-corrected chi connectivity index (χ0v) is 22.7. The number of rotatable bonds is 9. The number of carbonyl (C=O) groups is 2. The highest BCUT2D eigenvalue weighted by Crippen LogP contribution is 2.35. The molecule has 0 fully saturated rings. The molecule has 8 nitrogen and oxygen atoms in total. The SMILES string of the molecule is CC[C@H](C)N(CC(=O)N1CCc2sccc2[C@H]1COc1cccc(OC)c1)C(=O)c1ccc2c(c1)OCO2. The largest absolute Gasteiger partial charge is 0.497 e. The molecule has 0 radical (unpaired) electrons. The molecule has 0 aliphatic carbocycles. The highest BCUT2D eigenvalue weighted by molar-refractivity contribution is 7.10. The van der Waals surface area contributed by atoms with Crippen LogP contribution in [0.5, 0.6) is 23.0 Å². The lowest BCUT2D eigenvalue weighted by molar-refractivity contribution is -0.136. The molecule has 0 N–H and O–H groups in total. The summed E-state index contributed by atoms with van der Waals surface area (Å²) in [7, 11) is 1.62. The van der Waals surface area contributed by atoms with E-state index in [1.54, 1.807) is 41.5 Å². The van der Waals surface area contributed by atoms with Crippen LogP contribution in [0.15, 0.2) is 53.9 Å². The van der Waals surface area contributed by atoms with E-state index in [0.717, 1.165) is 18.4 Å². The molecule has 200 valence electrons. The number of thiophene rings is 1. The van der Waals surface area contributed by atoms with Gasteiger partial charge in [-0.2, -0.15) is 0 Å². The van der Waals surface area contributed by atoms with Gasteiger partial charge in [-0.05, 0) is 67.1 Å². The maximum Gasteiger partial charge on any atom is 0.254 e. The molecule has 2 aromatic carbocycles. The first kappa shape index (κ1) is 25.9. The first-order valence-corrected chi connectivity index (χ1v) is 13.7. The molecule has 2 aliphatic rings. The van der Waals surface area contributed by atoms with Gasteiger partial charge in [-0.15, -0.1) is 11.3 Å². The van der Waals surface area contributed by atoms with E-state index in [4.69, 9.17) is 18.9 Å². The maximum absolute atomic E-state index is 13.8. The van der Waals surface area contributed by atoms with Crippen molar-refractivity contribution >= 4 is 23.2 Å². The van der Waals surface area contributed by atoms with E-state index in [-0.39, 0.29) is 37.2 Å². The molecule has 9 heteroatoms. The Morgan fingerprint density at radius 1 is 1.13 bits per heavy atom. The standard InChI is InChI=1S/C29H32N2O6S/c1-4-19(2)31(29(33)20-8-9-25-26(14-20)37-18-36-25)16-28(32)30-12-10-27-23(11-13-38-27)24(30)17-35-22-7-5-6-21(15-22)34-3/h5-9,11,13-15,19,24H,4,10,12,16-18H2,1-3H3/t19-,24+/m0/s1. The van der Waals surface area contributed by atoms with Crippen LogP contribution in [0.1, 0.15) is 47.1 Å². The number of fused-ring (bicyclic) bond motifs is 2. The van der Waals surface area contributed by atoms with Crippen LogP contribution in [-0.2, 0) is 11.2 Å². The van der Waals surface area contributed by atoms with Gasteiger partial charge in [0.25, 0.3) is 5.91 Å². The lowest BCUT2D eigenvalue weighted by Crippen LogP contribution is -2.49. The molecule has 1 aromatic heterocycles. The number of amides is 2. The lowest BCUT2D eigenvalue weighted by atomic mass is 10.00.